The second kappa shape index (κ2) is 6.09. The van der Waals surface area contributed by atoms with Gasteiger partial charge in [0.1, 0.15) is 0 Å². The van der Waals surface area contributed by atoms with Crippen LogP contribution in [0.4, 0.5) is 5.69 Å². The van der Waals surface area contributed by atoms with Crippen molar-refractivity contribution in [3.05, 3.63) is 36.8 Å². The third-order valence-corrected chi connectivity index (χ3v) is 4.94. The highest BCUT2D eigenvalue weighted by molar-refractivity contribution is 7.91. The molecule has 0 fully saturated rings. The number of rotatable bonds is 6. The van der Waals surface area contributed by atoms with E-state index in [0.717, 1.165) is 16.9 Å². The van der Waals surface area contributed by atoms with Crippen LogP contribution in [0, 0.1) is 0 Å². The summed E-state index contributed by atoms with van der Waals surface area (Å²) < 4.78 is 23.1. The lowest BCUT2D eigenvalue weighted by Crippen LogP contribution is -2.26. The highest BCUT2D eigenvalue weighted by Gasteiger charge is 2.13. The molecule has 0 aliphatic carbocycles. The van der Waals surface area contributed by atoms with E-state index < -0.39 is 9.84 Å². The van der Waals surface area contributed by atoms with Gasteiger partial charge in [0.25, 0.3) is 0 Å². The maximum Gasteiger partial charge on any atom is 0.152 e. The van der Waals surface area contributed by atoms with Crippen molar-refractivity contribution in [2.75, 3.05) is 16.8 Å². The average molecular weight is 293 g/mol. The van der Waals surface area contributed by atoms with Crippen LogP contribution in [0.25, 0.3) is 11.3 Å². The van der Waals surface area contributed by atoms with E-state index in [-0.39, 0.29) is 17.5 Å². The van der Waals surface area contributed by atoms with Crippen LogP contribution in [0.2, 0.25) is 0 Å². The summed E-state index contributed by atoms with van der Waals surface area (Å²) in [5, 5.41) is 3.20. The Morgan fingerprint density at radius 3 is 2.55 bits per heavy atom. The Labute approximate surface area is 119 Å². The summed E-state index contributed by atoms with van der Waals surface area (Å²) >= 11 is 0. The molecule has 0 aliphatic heterocycles. The first-order valence-electron chi connectivity index (χ1n) is 6.56. The molecule has 1 heterocycles. The Hall–Kier alpha value is -1.82. The summed E-state index contributed by atoms with van der Waals surface area (Å²) in [5.41, 5.74) is 2.91. The molecule has 2 N–H and O–H groups in total. The highest BCUT2D eigenvalue weighted by Crippen LogP contribution is 2.19. The molecule has 0 bridgehead atoms. The van der Waals surface area contributed by atoms with Crippen molar-refractivity contribution in [1.29, 1.82) is 0 Å². The van der Waals surface area contributed by atoms with Gasteiger partial charge in [-0.1, -0.05) is 19.1 Å². The number of sulfone groups is 1. The molecule has 6 heteroatoms. The average Bonchev–Trinajstić information content (AvgIpc) is 2.93. The maximum atomic E-state index is 11.6. The van der Waals surface area contributed by atoms with Crippen LogP contribution in [-0.2, 0) is 9.84 Å². The number of nitrogens with zero attached hydrogens (tertiary/aromatic N) is 1. The minimum atomic E-state index is -2.96. The van der Waals surface area contributed by atoms with Gasteiger partial charge in [0.05, 0.1) is 24.0 Å². The monoisotopic (exact) mass is 293 g/mol. The molecule has 1 aromatic carbocycles. The molecular formula is C14H19N3O2S. The van der Waals surface area contributed by atoms with Gasteiger partial charge in [-0.25, -0.2) is 13.4 Å². The summed E-state index contributed by atoms with van der Waals surface area (Å²) in [6.07, 6.45) is 3.40. The molecule has 0 aliphatic rings. The van der Waals surface area contributed by atoms with Crippen molar-refractivity contribution < 1.29 is 8.42 Å². The van der Waals surface area contributed by atoms with E-state index in [2.05, 4.69) is 15.3 Å². The Morgan fingerprint density at radius 2 is 2.00 bits per heavy atom. The molecule has 2 rings (SSSR count). The zero-order chi connectivity index (χ0) is 14.6. The molecule has 0 saturated heterocycles. The molecule has 1 aromatic heterocycles. The second-order valence-electron chi connectivity index (χ2n) is 4.79. The summed E-state index contributed by atoms with van der Waals surface area (Å²) in [5.74, 6) is 0.323. The predicted octanol–water partition coefficient (Wildman–Crippen LogP) is 2.31. The fourth-order valence-electron chi connectivity index (χ4n) is 1.98. The fraction of sp³-hybridized carbons (Fsp3) is 0.357. The lowest BCUT2D eigenvalue weighted by atomic mass is 10.1. The van der Waals surface area contributed by atoms with Gasteiger partial charge < -0.3 is 10.3 Å². The molecule has 5 nitrogen and oxygen atoms in total. The van der Waals surface area contributed by atoms with Crippen LogP contribution < -0.4 is 5.32 Å². The number of imidazole rings is 1. The first-order valence-corrected chi connectivity index (χ1v) is 8.38. The second-order valence-corrected chi connectivity index (χ2v) is 7.18. The number of aromatic nitrogens is 2. The molecule has 2 aromatic rings. The molecular weight excluding hydrogens is 274 g/mol. The van der Waals surface area contributed by atoms with Gasteiger partial charge in [0, 0.05) is 17.5 Å². The van der Waals surface area contributed by atoms with Gasteiger partial charge in [-0.2, -0.15) is 0 Å². The van der Waals surface area contributed by atoms with Crippen LogP contribution in [0.5, 0.6) is 0 Å². The number of anilines is 1. The summed E-state index contributed by atoms with van der Waals surface area (Å²) in [4.78, 5) is 7.02. The maximum absolute atomic E-state index is 11.6. The van der Waals surface area contributed by atoms with Crippen LogP contribution in [0.3, 0.4) is 0 Å². The lowest BCUT2D eigenvalue weighted by molar-refractivity contribution is 0.593. The van der Waals surface area contributed by atoms with Gasteiger partial charge in [0.2, 0.25) is 0 Å². The third kappa shape index (κ3) is 3.84. The van der Waals surface area contributed by atoms with Crippen molar-refractivity contribution >= 4 is 15.5 Å². The molecule has 0 saturated carbocycles. The summed E-state index contributed by atoms with van der Waals surface area (Å²) in [7, 11) is -2.96. The SMILES string of the molecule is CCS(=O)(=O)CC(C)Nc1ccc(-c2cnc[nH]2)cc1. The third-order valence-electron chi connectivity index (χ3n) is 3.05. The highest BCUT2D eigenvalue weighted by atomic mass is 32.2. The topological polar surface area (TPSA) is 74.8 Å². The van der Waals surface area contributed by atoms with E-state index in [1.807, 2.05) is 31.2 Å². The predicted molar refractivity (Wildman–Crippen MR) is 81.4 cm³/mol. The van der Waals surface area contributed by atoms with Gasteiger partial charge in [-0.15, -0.1) is 0 Å². The largest absolute Gasteiger partial charge is 0.382 e. The number of hydrogen-bond acceptors (Lipinski definition) is 4. The van der Waals surface area contributed by atoms with Crippen LogP contribution in [0.15, 0.2) is 36.8 Å². The quantitative estimate of drug-likeness (QED) is 0.857. The standard InChI is InChI=1S/C14H19N3O2S/c1-3-20(18,19)9-11(2)17-13-6-4-12(5-7-13)14-8-15-10-16-14/h4-8,10-11,17H,3,9H2,1-2H3,(H,15,16). The van der Waals surface area contributed by atoms with Crippen molar-refractivity contribution in [3.8, 4) is 11.3 Å². The van der Waals surface area contributed by atoms with Crippen molar-refractivity contribution in [2.45, 2.75) is 19.9 Å². The van der Waals surface area contributed by atoms with Crippen LogP contribution >= 0.6 is 0 Å². The number of hydrogen-bond donors (Lipinski definition) is 2. The van der Waals surface area contributed by atoms with Crippen LogP contribution in [0.1, 0.15) is 13.8 Å². The number of aromatic amines is 1. The van der Waals surface area contributed by atoms with E-state index in [1.165, 1.54) is 0 Å². The van der Waals surface area contributed by atoms with Crippen molar-refractivity contribution in [2.24, 2.45) is 0 Å². The van der Waals surface area contributed by atoms with Crippen molar-refractivity contribution in [1.82, 2.24) is 9.97 Å². The fourth-order valence-corrected chi connectivity index (χ4v) is 3.07. The lowest BCUT2D eigenvalue weighted by Gasteiger charge is -2.15. The molecule has 0 amide bonds. The van der Waals surface area contributed by atoms with Gasteiger partial charge in [-0.05, 0) is 24.6 Å². The van der Waals surface area contributed by atoms with Gasteiger partial charge in [0.15, 0.2) is 9.84 Å². The Bertz CT molecular complexity index is 634. The minimum absolute atomic E-state index is 0.113. The van der Waals surface area contributed by atoms with E-state index in [4.69, 9.17) is 0 Å². The first-order chi connectivity index (χ1) is 9.50. The first kappa shape index (κ1) is 14.6. The molecule has 1 unspecified atom stereocenters. The molecule has 0 spiro atoms. The summed E-state index contributed by atoms with van der Waals surface area (Å²) in [6, 6.07) is 7.70. The molecule has 20 heavy (non-hydrogen) atoms. The normalized spacial score (nSPS) is 13.1. The van der Waals surface area contributed by atoms with Gasteiger partial charge in [-0.3, -0.25) is 0 Å². The minimum Gasteiger partial charge on any atom is -0.382 e. The molecule has 108 valence electrons. The Morgan fingerprint density at radius 1 is 1.30 bits per heavy atom. The van der Waals surface area contributed by atoms with Gasteiger partial charge >= 0.3 is 0 Å². The smallest absolute Gasteiger partial charge is 0.152 e. The summed E-state index contributed by atoms with van der Waals surface area (Å²) in [6.45, 7) is 3.54. The van der Waals surface area contributed by atoms with E-state index >= 15 is 0 Å². The Kier molecular flexibility index (Phi) is 4.44. The number of nitrogens with one attached hydrogen (secondary N) is 2. The van der Waals surface area contributed by atoms with E-state index in [1.54, 1.807) is 19.4 Å². The zero-order valence-corrected chi connectivity index (χ0v) is 12.4. The molecule has 0 radical (unpaired) electrons. The molecule has 1 atom stereocenters. The Balaban J connectivity index is 2.01. The zero-order valence-electron chi connectivity index (χ0n) is 11.6. The number of H-pyrrole nitrogens is 1. The van der Waals surface area contributed by atoms with E-state index in [0.29, 0.717) is 0 Å². The van der Waals surface area contributed by atoms with Crippen LogP contribution in [-0.4, -0.2) is 35.9 Å². The number of benzene rings is 1. The van der Waals surface area contributed by atoms with Crippen molar-refractivity contribution in [3.63, 3.8) is 0 Å². The van der Waals surface area contributed by atoms with E-state index in [9.17, 15) is 8.42 Å².